The van der Waals surface area contributed by atoms with E-state index in [0.29, 0.717) is 24.7 Å². The zero-order chi connectivity index (χ0) is 19.7. The summed E-state index contributed by atoms with van der Waals surface area (Å²) in [5.41, 5.74) is 8.30. The second-order valence-electron chi connectivity index (χ2n) is 8.58. The van der Waals surface area contributed by atoms with E-state index in [9.17, 15) is 9.90 Å². The average Bonchev–Trinajstić information content (AvgIpc) is 3.11. The quantitative estimate of drug-likeness (QED) is 0.741. The molecule has 28 heavy (non-hydrogen) atoms. The molecule has 2 fully saturated rings. The van der Waals surface area contributed by atoms with Crippen LogP contribution in [-0.2, 0) is 12.8 Å². The largest absolute Gasteiger partial charge is 0.396 e. The molecule has 3 aliphatic rings. The molecule has 154 valence electrons. The molecule has 4 rings (SSSR count). The Hall–Kier alpha value is -1.77. The SMILES string of the molecule is CN1CCN(C[C@@H]2CN(C(=O)c3nc(N)nc4c3CCCC4)C[C@@H]2CO)CC1. The van der Waals surface area contributed by atoms with E-state index < -0.39 is 0 Å². The molecule has 2 atom stereocenters. The number of hydrogen-bond acceptors (Lipinski definition) is 7. The third-order valence-corrected chi connectivity index (χ3v) is 6.59. The zero-order valence-corrected chi connectivity index (χ0v) is 16.8. The van der Waals surface area contributed by atoms with Crippen molar-refractivity contribution in [2.24, 2.45) is 11.8 Å². The van der Waals surface area contributed by atoms with E-state index in [1.807, 2.05) is 4.90 Å². The minimum absolute atomic E-state index is 0.0495. The van der Waals surface area contributed by atoms with Crippen molar-refractivity contribution >= 4 is 11.9 Å². The van der Waals surface area contributed by atoms with Gasteiger partial charge in [0, 0.05) is 69.6 Å². The van der Waals surface area contributed by atoms with Crippen molar-refractivity contribution in [3.8, 4) is 0 Å². The first-order valence-corrected chi connectivity index (χ1v) is 10.5. The Morgan fingerprint density at radius 1 is 1.11 bits per heavy atom. The second kappa shape index (κ2) is 8.31. The Labute approximate surface area is 166 Å². The minimum Gasteiger partial charge on any atom is -0.396 e. The number of hydrogen-bond donors (Lipinski definition) is 2. The number of fused-ring (bicyclic) bond motifs is 1. The molecule has 3 N–H and O–H groups in total. The smallest absolute Gasteiger partial charge is 0.272 e. The monoisotopic (exact) mass is 388 g/mol. The zero-order valence-electron chi connectivity index (χ0n) is 16.8. The first kappa shape index (κ1) is 19.5. The molecule has 2 aliphatic heterocycles. The lowest BCUT2D eigenvalue weighted by atomic mass is 9.94. The van der Waals surface area contributed by atoms with Crippen LogP contribution in [0.2, 0.25) is 0 Å². The van der Waals surface area contributed by atoms with Crippen LogP contribution in [0.15, 0.2) is 0 Å². The van der Waals surface area contributed by atoms with E-state index in [-0.39, 0.29) is 24.4 Å². The summed E-state index contributed by atoms with van der Waals surface area (Å²) in [4.78, 5) is 28.7. The molecule has 8 heteroatoms. The fourth-order valence-corrected chi connectivity index (χ4v) is 4.82. The van der Waals surface area contributed by atoms with Crippen molar-refractivity contribution in [1.82, 2.24) is 24.7 Å². The normalized spacial score (nSPS) is 26.4. The second-order valence-corrected chi connectivity index (χ2v) is 8.58. The highest BCUT2D eigenvalue weighted by atomic mass is 16.3. The Kier molecular flexibility index (Phi) is 5.80. The van der Waals surface area contributed by atoms with Crippen molar-refractivity contribution in [3.63, 3.8) is 0 Å². The Balaban J connectivity index is 1.47. The third kappa shape index (κ3) is 3.99. The molecule has 1 aliphatic carbocycles. The molecule has 0 spiro atoms. The number of rotatable bonds is 4. The van der Waals surface area contributed by atoms with Gasteiger partial charge in [-0.15, -0.1) is 0 Å². The first-order valence-electron chi connectivity index (χ1n) is 10.5. The van der Waals surface area contributed by atoms with Crippen LogP contribution in [0.25, 0.3) is 0 Å². The van der Waals surface area contributed by atoms with Gasteiger partial charge in [0.2, 0.25) is 5.95 Å². The van der Waals surface area contributed by atoms with Crippen molar-refractivity contribution in [2.45, 2.75) is 25.7 Å². The summed E-state index contributed by atoms with van der Waals surface area (Å²) < 4.78 is 0. The summed E-state index contributed by atoms with van der Waals surface area (Å²) in [5.74, 6) is 0.563. The van der Waals surface area contributed by atoms with Gasteiger partial charge in [-0.05, 0) is 38.6 Å². The van der Waals surface area contributed by atoms with E-state index >= 15 is 0 Å². The Morgan fingerprint density at radius 2 is 1.82 bits per heavy atom. The summed E-state index contributed by atoms with van der Waals surface area (Å²) in [6.45, 7) is 6.57. The highest BCUT2D eigenvalue weighted by Gasteiger charge is 2.38. The van der Waals surface area contributed by atoms with Crippen molar-refractivity contribution in [2.75, 3.05) is 65.2 Å². The number of carbonyl (C=O) groups excluding carboxylic acids is 1. The van der Waals surface area contributed by atoms with Gasteiger partial charge in [0.25, 0.3) is 5.91 Å². The molecule has 0 radical (unpaired) electrons. The summed E-state index contributed by atoms with van der Waals surface area (Å²) in [6.07, 6.45) is 3.86. The van der Waals surface area contributed by atoms with Crippen LogP contribution in [0.1, 0.15) is 34.6 Å². The minimum atomic E-state index is -0.0495. The molecule has 1 aromatic heterocycles. The summed E-state index contributed by atoms with van der Waals surface area (Å²) in [6, 6.07) is 0. The number of aromatic nitrogens is 2. The summed E-state index contributed by atoms with van der Waals surface area (Å²) in [7, 11) is 2.15. The Bertz CT molecular complexity index is 719. The molecule has 0 aromatic carbocycles. The van der Waals surface area contributed by atoms with E-state index in [1.165, 1.54) is 0 Å². The topological polar surface area (TPSA) is 98.8 Å². The molecule has 3 heterocycles. The van der Waals surface area contributed by atoms with Gasteiger partial charge in [-0.1, -0.05) is 0 Å². The predicted octanol–water partition coefficient (Wildman–Crippen LogP) is -0.134. The van der Waals surface area contributed by atoms with Crippen molar-refractivity contribution < 1.29 is 9.90 Å². The number of anilines is 1. The van der Waals surface area contributed by atoms with Gasteiger partial charge in [0.15, 0.2) is 0 Å². The van der Waals surface area contributed by atoms with Crippen LogP contribution in [-0.4, -0.2) is 95.1 Å². The van der Waals surface area contributed by atoms with E-state index in [2.05, 4.69) is 26.8 Å². The molecule has 0 bridgehead atoms. The fourth-order valence-electron chi connectivity index (χ4n) is 4.82. The molecule has 0 unspecified atom stereocenters. The van der Waals surface area contributed by atoms with Crippen molar-refractivity contribution in [3.05, 3.63) is 17.0 Å². The highest BCUT2D eigenvalue weighted by Crippen LogP contribution is 2.29. The number of aliphatic hydroxyl groups is 1. The van der Waals surface area contributed by atoms with Gasteiger partial charge in [-0.25, -0.2) is 9.97 Å². The van der Waals surface area contributed by atoms with Crippen LogP contribution in [0.3, 0.4) is 0 Å². The fraction of sp³-hybridized carbons (Fsp3) is 0.750. The van der Waals surface area contributed by atoms with E-state index in [0.717, 1.165) is 69.7 Å². The average molecular weight is 389 g/mol. The number of likely N-dealkylation sites (N-methyl/N-ethyl adjacent to an activating group) is 1. The predicted molar refractivity (Wildman–Crippen MR) is 107 cm³/mol. The standard InChI is InChI=1S/C20H32N6O2/c1-24-6-8-25(9-7-24)10-14-11-26(12-15(14)13-27)19(28)18-16-4-2-3-5-17(16)22-20(21)23-18/h14-15,27H,2-13H2,1H3,(H2,21,22,23)/t14-,15-/m1/s1. The lowest BCUT2D eigenvalue weighted by Gasteiger charge is -2.34. The summed E-state index contributed by atoms with van der Waals surface area (Å²) >= 11 is 0. The maximum atomic E-state index is 13.3. The maximum Gasteiger partial charge on any atom is 0.272 e. The Morgan fingerprint density at radius 3 is 2.57 bits per heavy atom. The molecule has 1 amide bonds. The molecular weight excluding hydrogens is 356 g/mol. The number of aliphatic hydroxyl groups excluding tert-OH is 1. The number of aryl methyl sites for hydroxylation is 1. The summed E-state index contributed by atoms with van der Waals surface area (Å²) in [5, 5.41) is 9.90. The number of carbonyl (C=O) groups is 1. The van der Waals surface area contributed by atoms with Gasteiger partial charge >= 0.3 is 0 Å². The molecule has 1 aromatic rings. The lowest BCUT2D eigenvalue weighted by molar-refractivity contribution is 0.0769. The van der Waals surface area contributed by atoms with Gasteiger partial charge in [0.05, 0.1) is 0 Å². The highest BCUT2D eigenvalue weighted by molar-refractivity contribution is 5.94. The van der Waals surface area contributed by atoms with Crippen LogP contribution in [0, 0.1) is 11.8 Å². The van der Waals surface area contributed by atoms with E-state index in [4.69, 9.17) is 5.73 Å². The number of nitrogens with zero attached hydrogens (tertiary/aromatic N) is 5. The maximum absolute atomic E-state index is 13.3. The molecular formula is C20H32N6O2. The third-order valence-electron chi connectivity index (χ3n) is 6.59. The molecule has 8 nitrogen and oxygen atoms in total. The number of nitrogens with two attached hydrogens (primary N) is 1. The van der Waals surface area contributed by atoms with Crippen LogP contribution in [0.5, 0.6) is 0 Å². The lowest BCUT2D eigenvalue weighted by Crippen LogP contribution is -2.47. The van der Waals surface area contributed by atoms with Gasteiger partial charge < -0.3 is 25.5 Å². The first-order chi connectivity index (χ1) is 13.5. The number of nitrogen functional groups attached to an aromatic ring is 1. The van der Waals surface area contributed by atoms with Crippen LogP contribution < -0.4 is 5.73 Å². The molecule has 0 saturated carbocycles. The van der Waals surface area contributed by atoms with Crippen LogP contribution in [0.4, 0.5) is 5.95 Å². The van der Waals surface area contributed by atoms with Gasteiger partial charge in [-0.3, -0.25) is 4.79 Å². The van der Waals surface area contributed by atoms with Gasteiger partial charge in [0.1, 0.15) is 5.69 Å². The number of amides is 1. The molecule has 2 saturated heterocycles. The number of piperazine rings is 1. The van der Waals surface area contributed by atoms with Gasteiger partial charge in [-0.2, -0.15) is 0 Å². The number of likely N-dealkylation sites (tertiary alicyclic amines) is 1. The van der Waals surface area contributed by atoms with E-state index in [1.54, 1.807) is 0 Å². The van der Waals surface area contributed by atoms with Crippen molar-refractivity contribution in [1.29, 1.82) is 0 Å². The van der Waals surface area contributed by atoms with Crippen LogP contribution >= 0.6 is 0 Å².